The molecule has 0 radical (unpaired) electrons. The molecule has 2 aromatic rings. The maximum atomic E-state index is 11.5. The van der Waals surface area contributed by atoms with Crippen LogP contribution < -0.4 is 26.7 Å². The van der Waals surface area contributed by atoms with Gasteiger partial charge in [0.25, 0.3) is 0 Å². The first kappa shape index (κ1) is 17.9. The number of anilines is 2. The van der Waals surface area contributed by atoms with Crippen LogP contribution in [0.25, 0.3) is 0 Å². The van der Waals surface area contributed by atoms with Crippen molar-refractivity contribution in [1.82, 2.24) is 5.32 Å². The smallest absolute Gasteiger partial charge is 0.368 e. The minimum Gasteiger partial charge on any atom is -0.398 e. The lowest BCUT2D eigenvalue weighted by Gasteiger charge is -2.24. The number of para-hydroxylation sites is 1. The molecule has 0 atom stereocenters. The van der Waals surface area contributed by atoms with E-state index in [4.69, 9.17) is 5.73 Å². The van der Waals surface area contributed by atoms with Crippen LogP contribution in [-0.4, -0.2) is 23.9 Å². The Bertz CT molecular complexity index is 1020. The molecule has 0 aromatic heterocycles. The highest BCUT2D eigenvalue weighted by Gasteiger charge is 2.31. The number of nitrogens with two attached hydrogens (primary N) is 1. The van der Waals surface area contributed by atoms with Crippen molar-refractivity contribution >= 4 is 35.3 Å². The molecule has 3 N–H and O–H groups in total. The van der Waals surface area contributed by atoms with Crippen molar-refractivity contribution in [3.63, 3.8) is 0 Å². The van der Waals surface area contributed by atoms with Gasteiger partial charge in [0.15, 0.2) is 0 Å². The Labute approximate surface area is 153 Å². The molecule has 27 heavy (non-hydrogen) atoms. The van der Waals surface area contributed by atoms with Crippen LogP contribution in [0, 0.1) is 6.92 Å². The first-order valence-corrected chi connectivity index (χ1v) is 7.94. The van der Waals surface area contributed by atoms with Crippen LogP contribution in [0.2, 0.25) is 0 Å². The average molecular weight is 365 g/mol. The molecule has 0 aliphatic carbocycles. The number of hydrogen-bond donors (Lipinski definition) is 2. The molecular weight excluding hydrogens is 350 g/mol. The molecular formula is C18H15N5O4. The Morgan fingerprint density at radius 2 is 1.63 bits per heavy atom. The summed E-state index contributed by atoms with van der Waals surface area (Å²) < 4.78 is 0. The zero-order valence-corrected chi connectivity index (χ0v) is 14.3. The second-order valence-electron chi connectivity index (χ2n) is 5.80. The number of hydrogen-bond acceptors (Lipinski definition) is 5. The first-order chi connectivity index (χ1) is 12.8. The van der Waals surface area contributed by atoms with E-state index in [1.165, 1.54) is 0 Å². The summed E-state index contributed by atoms with van der Waals surface area (Å²) in [4.78, 5) is 52.8. The molecule has 0 unspecified atom stereocenters. The van der Waals surface area contributed by atoms with Crippen molar-refractivity contribution in [2.75, 3.05) is 10.6 Å². The third-order valence-electron chi connectivity index (χ3n) is 3.82. The van der Waals surface area contributed by atoms with Crippen LogP contribution in [0.5, 0.6) is 0 Å². The minimum absolute atomic E-state index is 0.291. The highest BCUT2D eigenvalue weighted by atomic mass is 16.2. The van der Waals surface area contributed by atoms with Crippen LogP contribution in [0.4, 0.5) is 21.0 Å². The van der Waals surface area contributed by atoms with E-state index in [2.05, 4.69) is 15.3 Å². The van der Waals surface area contributed by atoms with Gasteiger partial charge >= 0.3 is 12.1 Å². The van der Waals surface area contributed by atoms with Gasteiger partial charge in [0.1, 0.15) is 6.42 Å². The number of carbonyl (C=O) groups excluding carboxylic acids is 4. The zero-order chi connectivity index (χ0) is 19.6. The molecule has 136 valence electrons. The van der Waals surface area contributed by atoms with Gasteiger partial charge in [-0.3, -0.25) is 14.9 Å². The molecule has 6 amide bonds. The quantitative estimate of drug-likeness (QED) is 0.564. The standard InChI is InChI=1S/C10H8N2O3.C8H7N3O/c13-8-6-9(14)12(10(15)11-8)7-4-2-1-3-5-7;1-4-2-6-7(3-5(4)9)11-8(12)10-6/h1-5H,6H2,(H,11,13,15);2-3H,9H2,1H3. The third-order valence-corrected chi connectivity index (χ3v) is 3.82. The second-order valence-corrected chi connectivity index (χ2v) is 5.80. The number of amides is 6. The van der Waals surface area contributed by atoms with Gasteiger partial charge in [0, 0.05) is 5.69 Å². The number of benzene rings is 2. The Hall–Kier alpha value is -3.88. The van der Waals surface area contributed by atoms with Gasteiger partial charge in [-0.1, -0.05) is 18.2 Å². The van der Waals surface area contributed by atoms with E-state index in [0.29, 0.717) is 22.1 Å². The largest absolute Gasteiger partial charge is 0.398 e. The van der Waals surface area contributed by atoms with Crippen molar-refractivity contribution in [2.24, 2.45) is 9.98 Å². The number of carbonyl (C=O) groups is 4. The first-order valence-electron chi connectivity index (χ1n) is 7.94. The van der Waals surface area contributed by atoms with Gasteiger partial charge in [-0.25, -0.2) is 14.5 Å². The fraction of sp³-hybridized carbons (Fsp3) is 0.111. The van der Waals surface area contributed by atoms with Gasteiger partial charge in [0.2, 0.25) is 11.8 Å². The lowest BCUT2D eigenvalue weighted by molar-refractivity contribution is -0.128. The lowest BCUT2D eigenvalue weighted by Crippen LogP contribution is -2.52. The number of nitrogens with zero attached hydrogens (tertiary/aromatic N) is 3. The Kier molecular flexibility index (Phi) is 4.75. The van der Waals surface area contributed by atoms with Crippen LogP contribution in [0.15, 0.2) is 52.4 Å². The number of fused-ring (bicyclic) bond motifs is 1. The maximum absolute atomic E-state index is 11.5. The molecule has 2 heterocycles. The molecule has 2 aliphatic rings. The van der Waals surface area contributed by atoms with Crippen LogP contribution >= 0.6 is 0 Å². The Balaban J connectivity index is 0.000000159. The van der Waals surface area contributed by atoms with Gasteiger partial charge in [-0.05, 0) is 36.8 Å². The van der Waals surface area contributed by atoms with Crippen molar-refractivity contribution < 1.29 is 19.2 Å². The highest BCUT2D eigenvalue weighted by molar-refractivity contribution is 6.26. The molecule has 0 bridgehead atoms. The molecule has 0 spiro atoms. The van der Waals surface area contributed by atoms with E-state index in [1.54, 1.807) is 42.5 Å². The number of nitrogen functional groups attached to an aromatic ring is 1. The number of urea groups is 2. The van der Waals surface area contributed by atoms with Crippen molar-refractivity contribution in [3.8, 4) is 0 Å². The summed E-state index contributed by atoms with van der Waals surface area (Å²) in [5.74, 6) is -1.06. The van der Waals surface area contributed by atoms with Crippen LogP contribution in [0.1, 0.15) is 12.0 Å². The monoisotopic (exact) mass is 365 g/mol. The van der Waals surface area contributed by atoms with Crippen molar-refractivity contribution in [1.29, 1.82) is 0 Å². The fourth-order valence-electron chi connectivity index (χ4n) is 2.49. The van der Waals surface area contributed by atoms with Gasteiger partial charge in [-0.2, -0.15) is 9.98 Å². The Morgan fingerprint density at radius 1 is 1.00 bits per heavy atom. The maximum Gasteiger partial charge on any atom is 0.368 e. The summed E-state index contributed by atoms with van der Waals surface area (Å²) >= 11 is 0. The number of aryl methyl sites for hydroxylation is 1. The van der Waals surface area contributed by atoms with Crippen molar-refractivity contribution in [2.45, 2.75) is 13.3 Å². The Morgan fingerprint density at radius 3 is 2.26 bits per heavy atom. The molecule has 0 saturated carbocycles. The van der Waals surface area contributed by atoms with E-state index in [9.17, 15) is 19.2 Å². The van der Waals surface area contributed by atoms with Crippen molar-refractivity contribution in [3.05, 3.63) is 58.7 Å². The molecule has 1 saturated heterocycles. The highest BCUT2D eigenvalue weighted by Crippen LogP contribution is 2.16. The molecule has 4 rings (SSSR count). The summed E-state index contributed by atoms with van der Waals surface area (Å²) in [6.45, 7) is 1.87. The van der Waals surface area contributed by atoms with E-state index in [1.807, 2.05) is 6.92 Å². The molecule has 9 nitrogen and oxygen atoms in total. The van der Waals surface area contributed by atoms with Gasteiger partial charge in [-0.15, -0.1) is 0 Å². The average Bonchev–Trinajstić information content (AvgIpc) is 2.95. The summed E-state index contributed by atoms with van der Waals surface area (Å²) in [5.41, 5.74) is 7.65. The predicted octanol–water partition coefficient (Wildman–Crippen LogP) is 0.610. The van der Waals surface area contributed by atoms with Gasteiger partial charge < -0.3 is 5.73 Å². The normalized spacial score (nSPS) is 15.2. The SMILES string of the molecule is Cc1cc2c(cc1N)=NC(=O)N=2.O=C1CC(=O)N(c2ccccc2)C(=O)N1. The predicted molar refractivity (Wildman–Crippen MR) is 95.4 cm³/mol. The summed E-state index contributed by atoms with van der Waals surface area (Å²) in [5, 5.41) is 3.28. The molecule has 9 heteroatoms. The summed E-state index contributed by atoms with van der Waals surface area (Å²) in [7, 11) is 0. The fourth-order valence-corrected chi connectivity index (χ4v) is 2.49. The molecule has 2 aliphatic heterocycles. The van der Waals surface area contributed by atoms with E-state index >= 15 is 0 Å². The van der Waals surface area contributed by atoms with E-state index in [-0.39, 0.29) is 6.42 Å². The number of imide groups is 2. The second kappa shape index (κ2) is 7.16. The topological polar surface area (TPSA) is 134 Å². The molecule has 1 fully saturated rings. The lowest BCUT2D eigenvalue weighted by atomic mass is 10.2. The summed E-state index contributed by atoms with van der Waals surface area (Å²) in [6, 6.07) is 10.8. The van der Waals surface area contributed by atoms with Crippen LogP contribution in [0.3, 0.4) is 0 Å². The summed E-state index contributed by atoms with van der Waals surface area (Å²) in [6.07, 6.45) is -0.291. The zero-order valence-electron chi connectivity index (χ0n) is 14.3. The van der Waals surface area contributed by atoms with E-state index < -0.39 is 23.9 Å². The van der Waals surface area contributed by atoms with Gasteiger partial charge in [0.05, 0.1) is 16.4 Å². The number of nitrogens with one attached hydrogen (secondary N) is 1. The number of barbiturate groups is 1. The third kappa shape index (κ3) is 3.87. The number of rotatable bonds is 1. The minimum atomic E-state index is -0.692. The van der Waals surface area contributed by atoms with Crippen LogP contribution in [-0.2, 0) is 9.59 Å². The van der Waals surface area contributed by atoms with E-state index in [0.717, 1.165) is 10.5 Å². The molecule has 2 aromatic carbocycles.